The maximum Gasteiger partial charge on any atom is 0.275 e. The van der Waals surface area contributed by atoms with Gasteiger partial charge in [-0.2, -0.15) is 0 Å². The third-order valence-corrected chi connectivity index (χ3v) is 3.87. The molecular weight excluding hydrogens is 342 g/mol. The van der Waals surface area contributed by atoms with Crippen LogP contribution in [-0.2, 0) is 6.42 Å². The van der Waals surface area contributed by atoms with Crippen molar-refractivity contribution in [1.82, 2.24) is 4.98 Å². The monoisotopic (exact) mass is 355 g/mol. The average Bonchev–Trinajstić information content (AvgIpc) is 2.87. The number of thiazole rings is 1. The van der Waals surface area contributed by atoms with E-state index in [4.69, 9.17) is 10.5 Å². The number of methoxy groups -OCH3 is 1. The predicted molar refractivity (Wildman–Crippen MR) is 83.5 cm³/mol. The second-order valence-corrected chi connectivity index (χ2v) is 5.86. The number of amides is 1. The first kappa shape index (κ1) is 15.0. The molecular formula is C13H14BrN3O2S. The molecule has 7 heteroatoms. The van der Waals surface area contributed by atoms with Crippen LogP contribution in [0, 0.1) is 0 Å². The molecule has 0 aliphatic heterocycles. The summed E-state index contributed by atoms with van der Waals surface area (Å²) in [6, 6.07) is 5.36. The van der Waals surface area contributed by atoms with Gasteiger partial charge in [0.15, 0.2) is 0 Å². The number of carbonyl (C=O) groups is 1. The Morgan fingerprint density at radius 1 is 1.50 bits per heavy atom. The Bertz CT molecular complexity index is 615. The zero-order valence-corrected chi connectivity index (χ0v) is 13.3. The summed E-state index contributed by atoms with van der Waals surface area (Å²) in [4.78, 5) is 16.3. The molecule has 1 amide bonds. The van der Waals surface area contributed by atoms with Crippen molar-refractivity contribution in [3.8, 4) is 5.75 Å². The van der Waals surface area contributed by atoms with E-state index in [-0.39, 0.29) is 5.91 Å². The molecule has 0 unspecified atom stereocenters. The second-order valence-electron chi connectivity index (χ2n) is 4.00. The minimum Gasteiger partial charge on any atom is -0.497 e. The van der Waals surface area contributed by atoms with Crippen LogP contribution in [-0.4, -0.2) is 24.5 Å². The molecule has 0 atom stereocenters. The van der Waals surface area contributed by atoms with Crippen LogP contribution in [0.15, 0.2) is 28.1 Å². The van der Waals surface area contributed by atoms with E-state index in [1.165, 1.54) is 11.3 Å². The maximum absolute atomic E-state index is 12.1. The lowest BCUT2D eigenvalue weighted by Gasteiger charge is -2.07. The summed E-state index contributed by atoms with van der Waals surface area (Å²) >= 11 is 4.80. The molecule has 0 aliphatic rings. The van der Waals surface area contributed by atoms with Crippen molar-refractivity contribution in [3.05, 3.63) is 38.8 Å². The van der Waals surface area contributed by atoms with E-state index < -0.39 is 0 Å². The third kappa shape index (κ3) is 3.78. The summed E-state index contributed by atoms with van der Waals surface area (Å²) in [5.41, 5.74) is 6.51. The lowest BCUT2D eigenvalue weighted by molar-refractivity contribution is 0.102. The Kier molecular flexibility index (Phi) is 5.11. The fourth-order valence-electron chi connectivity index (χ4n) is 1.60. The van der Waals surface area contributed by atoms with Crippen molar-refractivity contribution in [2.24, 2.45) is 5.73 Å². The predicted octanol–water partition coefficient (Wildman–Crippen LogP) is 2.67. The smallest absolute Gasteiger partial charge is 0.275 e. The number of ether oxygens (including phenoxy) is 1. The minimum absolute atomic E-state index is 0.246. The van der Waals surface area contributed by atoms with Crippen molar-refractivity contribution < 1.29 is 9.53 Å². The van der Waals surface area contributed by atoms with E-state index in [1.807, 2.05) is 6.07 Å². The summed E-state index contributed by atoms with van der Waals surface area (Å²) in [6.07, 6.45) is 0.683. The quantitative estimate of drug-likeness (QED) is 0.864. The second kappa shape index (κ2) is 6.83. The van der Waals surface area contributed by atoms with Crippen LogP contribution < -0.4 is 15.8 Å². The van der Waals surface area contributed by atoms with Crippen molar-refractivity contribution in [3.63, 3.8) is 0 Å². The van der Waals surface area contributed by atoms with Crippen molar-refractivity contribution in [1.29, 1.82) is 0 Å². The first-order chi connectivity index (χ1) is 9.62. The van der Waals surface area contributed by atoms with E-state index in [0.717, 1.165) is 9.48 Å². The number of nitrogens with zero attached hydrogens (tertiary/aromatic N) is 1. The van der Waals surface area contributed by atoms with Gasteiger partial charge >= 0.3 is 0 Å². The van der Waals surface area contributed by atoms with Crippen LogP contribution in [0.4, 0.5) is 5.69 Å². The molecule has 1 heterocycles. The van der Waals surface area contributed by atoms with Crippen molar-refractivity contribution in [2.45, 2.75) is 6.42 Å². The topological polar surface area (TPSA) is 77.2 Å². The Balaban J connectivity index is 2.12. The summed E-state index contributed by atoms with van der Waals surface area (Å²) in [5, 5.41) is 5.39. The third-order valence-electron chi connectivity index (χ3n) is 2.51. The van der Waals surface area contributed by atoms with Gasteiger partial charge in [0, 0.05) is 28.0 Å². The van der Waals surface area contributed by atoms with Crippen molar-refractivity contribution in [2.75, 3.05) is 19.0 Å². The van der Waals surface area contributed by atoms with Gasteiger partial charge in [-0.05, 0) is 18.7 Å². The lowest BCUT2D eigenvalue weighted by atomic mass is 10.3. The average molecular weight is 356 g/mol. The normalized spacial score (nSPS) is 10.3. The standard InChI is InChI=1S/C13H14BrN3O2S/c1-19-10-5-8(14)4-9(6-10)16-13(18)11-7-20-12(17-11)2-3-15/h4-7H,2-3,15H2,1H3,(H,16,18). The van der Waals surface area contributed by atoms with Gasteiger partial charge in [0.1, 0.15) is 11.4 Å². The van der Waals surface area contributed by atoms with Gasteiger partial charge in [0.2, 0.25) is 0 Å². The van der Waals surface area contributed by atoms with E-state index in [1.54, 1.807) is 24.6 Å². The molecule has 0 saturated heterocycles. The Morgan fingerprint density at radius 2 is 2.30 bits per heavy atom. The summed E-state index contributed by atoms with van der Waals surface area (Å²) in [7, 11) is 1.58. The molecule has 0 spiro atoms. The van der Waals surface area contributed by atoms with Crippen LogP contribution in [0.5, 0.6) is 5.75 Å². The lowest BCUT2D eigenvalue weighted by Crippen LogP contribution is -2.13. The van der Waals surface area contributed by atoms with E-state index >= 15 is 0 Å². The highest BCUT2D eigenvalue weighted by molar-refractivity contribution is 9.10. The van der Waals surface area contributed by atoms with Crippen LogP contribution >= 0.6 is 27.3 Å². The Morgan fingerprint density at radius 3 is 3.00 bits per heavy atom. The number of halogens is 1. The van der Waals surface area contributed by atoms with Crippen LogP contribution in [0.25, 0.3) is 0 Å². The largest absolute Gasteiger partial charge is 0.497 e. The van der Waals surface area contributed by atoms with Gasteiger partial charge in [-0.1, -0.05) is 15.9 Å². The van der Waals surface area contributed by atoms with Gasteiger partial charge in [-0.25, -0.2) is 4.98 Å². The van der Waals surface area contributed by atoms with Crippen LogP contribution in [0.1, 0.15) is 15.5 Å². The number of nitrogens with one attached hydrogen (secondary N) is 1. The zero-order valence-electron chi connectivity index (χ0n) is 10.9. The van der Waals surface area contributed by atoms with Crippen LogP contribution in [0.3, 0.4) is 0 Å². The molecule has 20 heavy (non-hydrogen) atoms. The number of rotatable bonds is 5. The fourth-order valence-corrected chi connectivity index (χ4v) is 2.87. The van der Waals surface area contributed by atoms with E-state index in [9.17, 15) is 4.79 Å². The molecule has 0 saturated carbocycles. The maximum atomic E-state index is 12.1. The van der Waals surface area contributed by atoms with Crippen LogP contribution in [0.2, 0.25) is 0 Å². The first-order valence-electron chi connectivity index (χ1n) is 5.93. The number of carbonyl (C=O) groups excluding carboxylic acids is 1. The Hall–Kier alpha value is -1.44. The summed E-state index contributed by atoms with van der Waals surface area (Å²) in [6.45, 7) is 0.525. The van der Waals surface area contributed by atoms with E-state index in [2.05, 4.69) is 26.2 Å². The molecule has 0 bridgehead atoms. The Labute approximate surface area is 129 Å². The molecule has 2 rings (SSSR count). The molecule has 2 aromatic rings. The van der Waals surface area contributed by atoms with Gasteiger partial charge in [-0.3, -0.25) is 4.79 Å². The van der Waals surface area contributed by atoms with E-state index in [0.29, 0.717) is 30.1 Å². The van der Waals surface area contributed by atoms with Gasteiger partial charge in [0.25, 0.3) is 5.91 Å². The molecule has 0 aliphatic carbocycles. The number of aromatic nitrogens is 1. The van der Waals surface area contributed by atoms with Gasteiger partial charge in [0.05, 0.1) is 12.1 Å². The molecule has 3 N–H and O–H groups in total. The molecule has 0 radical (unpaired) electrons. The van der Waals surface area contributed by atoms with Crippen molar-refractivity contribution >= 4 is 38.9 Å². The molecule has 1 aromatic carbocycles. The minimum atomic E-state index is -0.246. The highest BCUT2D eigenvalue weighted by Crippen LogP contribution is 2.25. The van der Waals surface area contributed by atoms with Gasteiger partial charge in [-0.15, -0.1) is 11.3 Å². The number of nitrogens with two attached hydrogens (primary N) is 1. The highest BCUT2D eigenvalue weighted by atomic mass is 79.9. The number of benzene rings is 1. The number of hydrogen-bond donors (Lipinski definition) is 2. The zero-order chi connectivity index (χ0) is 14.5. The number of anilines is 1. The highest BCUT2D eigenvalue weighted by Gasteiger charge is 2.11. The molecule has 1 aromatic heterocycles. The SMILES string of the molecule is COc1cc(Br)cc(NC(=O)c2csc(CCN)n2)c1. The molecule has 5 nitrogen and oxygen atoms in total. The first-order valence-corrected chi connectivity index (χ1v) is 7.60. The fraction of sp³-hybridized carbons (Fsp3) is 0.231. The molecule has 106 valence electrons. The molecule has 0 fully saturated rings. The van der Waals surface area contributed by atoms with Gasteiger partial charge < -0.3 is 15.8 Å². The number of hydrogen-bond acceptors (Lipinski definition) is 5. The summed E-state index contributed by atoms with van der Waals surface area (Å²) in [5.74, 6) is 0.418. The summed E-state index contributed by atoms with van der Waals surface area (Å²) < 4.78 is 5.98.